The summed E-state index contributed by atoms with van der Waals surface area (Å²) in [5.74, 6) is 0.207. The molecule has 0 aromatic heterocycles. The lowest BCUT2D eigenvalue weighted by Crippen LogP contribution is -2.55. The van der Waals surface area contributed by atoms with E-state index < -0.39 is 5.54 Å². The number of piperazine rings is 1. The number of nitrogens with zero attached hydrogens (tertiary/aromatic N) is 4. The van der Waals surface area contributed by atoms with Gasteiger partial charge in [-0.15, -0.1) is 0 Å². The molecule has 0 unspecified atom stereocenters. The summed E-state index contributed by atoms with van der Waals surface area (Å²) in [6.07, 6.45) is 9.42. The van der Waals surface area contributed by atoms with Crippen LogP contribution < -0.4 is 5.32 Å². The average Bonchev–Trinajstić information content (AvgIpc) is 3.00. The summed E-state index contributed by atoms with van der Waals surface area (Å²) in [6.45, 7) is 5.86. The summed E-state index contributed by atoms with van der Waals surface area (Å²) in [7, 11) is 0. The normalized spacial score (nSPS) is 24.2. The third-order valence-corrected chi connectivity index (χ3v) is 6.45. The van der Waals surface area contributed by atoms with Crippen LogP contribution in [0, 0.1) is 11.3 Å². The first-order valence-electron chi connectivity index (χ1n) is 11.0. The summed E-state index contributed by atoms with van der Waals surface area (Å²) in [4.78, 5) is 31.4. The molecule has 1 N–H and O–H groups in total. The molecule has 1 aliphatic carbocycles. The smallest absolute Gasteiger partial charge is 0.236 e. The van der Waals surface area contributed by atoms with Crippen molar-refractivity contribution in [2.24, 2.45) is 0 Å². The molecule has 0 aromatic rings. The van der Waals surface area contributed by atoms with Crippen molar-refractivity contribution in [2.45, 2.75) is 63.3 Å². The van der Waals surface area contributed by atoms with E-state index in [1.807, 2.05) is 4.90 Å². The number of nitrogens with one attached hydrogen (secondary N) is 1. The Morgan fingerprint density at radius 1 is 0.786 bits per heavy atom. The lowest BCUT2D eigenvalue weighted by molar-refractivity contribution is -0.133. The Kier molecular flexibility index (Phi) is 7.69. The van der Waals surface area contributed by atoms with Crippen molar-refractivity contribution in [3.05, 3.63) is 0 Å². The topological polar surface area (TPSA) is 79.7 Å². The molecule has 1 saturated carbocycles. The molecule has 2 amide bonds. The molecule has 3 rings (SSSR count). The zero-order valence-corrected chi connectivity index (χ0v) is 17.1. The molecule has 0 atom stereocenters. The van der Waals surface area contributed by atoms with E-state index >= 15 is 0 Å². The van der Waals surface area contributed by atoms with Crippen LogP contribution in [-0.2, 0) is 9.59 Å². The summed E-state index contributed by atoms with van der Waals surface area (Å²) >= 11 is 0. The molecule has 0 spiro atoms. The minimum atomic E-state index is -0.656. The summed E-state index contributed by atoms with van der Waals surface area (Å²) in [5, 5.41) is 12.5. The monoisotopic (exact) mass is 389 g/mol. The third kappa shape index (κ3) is 5.92. The number of rotatable bonds is 5. The van der Waals surface area contributed by atoms with Crippen LogP contribution in [0.25, 0.3) is 0 Å². The number of carbonyl (C=O) groups excluding carboxylic acids is 2. The van der Waals surface area contributed by atoms with Gasteiger partial charge in [0.05, 0.1) is 19.2 Å². The summed E-state index contributed by atoms with van der Waals surface area (Å²) < 4.78 is 0. The fourth-order valence-electron chi connectivity index (χ4n) is 4.65. The first-order chi connectivity index (χ1) is 13.6. The largest absolute Gasteiger partial charge is 0.342 e. The molecule has 0 aromatic carbocycles. The molecule has 28 heavy (non-hydrogen) atoms. The Hall–Kier alpha value is -1.65. The van der Waals surface area contributed by atoms with E-state index in [-0.39, 0.29) is 11.8 Å². The highest BCUT2D eigenvalue weighted by molar-refractivity contribution is 5.79. The second-order valence-electron chi connectivity index (χ2n) is 8.65. The Morgan fingerprint density at radius 3 is 1.89 bits per heavy atom. The van der Waals surface area contributed by atoms with Crippen LogP contribution in [0.5, 0.6) is 0 Å². The van der Waals surface area contributed by atoms with Gasteiger partial charge in [-0.2, -0.15) is 5.26 Å². The minimum absolute atomic E-state index is 0.0439. The minimum Gasteiger partial charge on any atom is -0.342 e. The van der Waals surface area contributed by atoms with Crippen molar-refractivity contribution in [1.82, 2.24) is 20.0 Å². The Morgan fingerprint density at radius 2 is 1.32 bits per heavy atom. The predicted octanol–water partition coefficient (Wildman–Crippen LogP) is 1.35. The van der Waals surface area contributed by atoms with Crippen molar-refractivity contribution >= 4 is 11.8 Å². The fourth-order valence-corrected chi connectivity index (χ4v) is 4.65. The maximum atomic E-state index is 12.5. The second kappa shape index (κ2) is 10.2. The van der Waals surface area contributed by atoms with Crippen LogP contribution in [0.2, 0.25) is 0 Å². The van der Waals surface area contributed by atoms with Gasteiger partial charge in [0.2, 0.25) is 11.8 Å². The van der Waals surface area contributed by atoms with Crippen LogP contribution in [0.1, 0.15) is 57.8 Å². The second-order valence-corrected chi connectivity index (χ2v) is 8.65. The highest BCUT2D eigenvalue weighted by Gasteiger charge is 2.34. The lowest BCUT2D eigenvalue weighted by atomic mass is 9.83. The van der Waals surface area contributed by atoms with Crippen LogP contribution in [0.3, 0.4) is 0 Å². The van der Waals surface area contributed by atoms with Crippen molar-refractivity contribution in [3.8, 4) is 6.07 Å². The van der Waals surface area contributed by atoms with Gasteiger partial charge >= 0.3 is 0 Å². The van der Waals surface area contributed by atoms with Crippen LogP contribution in [0.4, 0.5) is 0 Å². The number of likely N-dealkylation sites (tertiary alicyclic amines) is 1. The average molecular weight is 390 g/mol. The van der Waals surface area contributed by atoms with Gasteiger partial charge in [-0.25, -0.2) is 0 Å². The number of carbonyl (C=O) groups is 2. The number of nitriles is 1. The molecule has 3 aliphatic rings. The standard InChI is InChI=1S/C21H35N5O2/c22-18-21(8-4-3-5-9-21)23-19(27)16-24-12-14-25(15-13-24)17-20(28)26-10-6-1-2-7-11-26/h1-17H2,(H,23,27). The number of amides is 2. The maximum absolute atomic E-state index is 12.5. The van der Waals surface area contributed by atoms with Gasteiger partial charge in [-0.05, 0) is 25.7 Å². The van der Waals surface area contributed by atoms with Gasteiger partial charge in [-0.1, -0.05) is 32.1 Å². The fraction of sp³-hybridized carbons (Fsp3) is 0.857. The molecular formula is C21H35N5O2. The van der Waals surface area contributed by atoms with E-state index in [1.54, 1.807) is 0 Å². The van der Waals surface area contributed by atoms with E-state index in [0.29, 0.717) is 13.1 Å². The molecule has 2 saturated heterocycles. The first-order valence-corrected chi connectivity index (χ1v) is 11.0. The quantitative estimate of drug-likeness (QED) is 0.768. The van der Waals surface area contributed by atoms with E-state index in [2.05, 4.69) is 21.2 Å². The molecule has 0 radical (unpaired) electrons. The zero-order chi connectivity index (χ0) is 19.8. The van der Waals surface area contributed by atoms with Crippen LogP contribution in [-0.4, -0.2) is 84.4 Å². The van der Waals surface area contributed by atoms with Crippen LogP contribution >= 0.6 is 0 Å². The van der Waals surface area contributed by atoms with E-state index in [4.69, 9.17) is 0 Å². The highest BCUT2D eigenvalue weighted by atomic mass is 16.2. The van der Waals surface area contributed by atoms with Crippen molar-refractivity contribution in [1.29, 1.82) is 5.26 Å². The molecular weight excluding hydrogens is 354 g/mol. The molecule has 7 nitrogen and oxygen atoms in total. The van der Waals surface area contributed by atoms with Gasteiger partial charge in [0, 0.05) is 39.3 Å². The van der Waals surface area contributed by atoms with Gasteiger partial charge < -0.3 is 10.2 Å². The summed E-state index contributed by atoms with van der Waals surface area (Å²) in [6, 6.07) is 2.35. The molecule has 3 fully saturated rings. The molecule has 2 heterocycles. The Labute approximate surface area is 169 Å². The maximum Gasteiger partial charge on any atom is 0.236 e. The van der Waals surface area contributed by atoms with E-state index in [0.717, 1.165) is 84.2 Å². The van der Waals surface area contributed by atoms with Gasteiger partial charge in [0.25, 0.3) is 0 Å². The molecule has 2 aliphatic heterocycles. The number of hydrogen-bond acceptors (Lipinski definition) is 5. The third-order valence-electron chi connectivity index (χ3n) is 6.45. The van der Waals surface area contributed by atoms with Crippen molar-refractivity contribution in [2.75, 3.05) is 52.4 Å². The van der Waals surface area contributed by atoms with Gasteiger partial charge in [0.15, 0.2) is 0 Å². The number of hydrogen-bond donors (Lipinski definition) is 1. The molecule has 156 valence electrons. The van der Waals surface area contributed by atoms with E-state index in [1.165, 1.54) is 12.8 Å². The molecule has 7 heteroatoms. The predicted molar refractivity (Wildman–Crippen MR) is 107 cm³/mol. The lowest BCUT2D eigenvalue weighted by Gasteiger charge is -2.36. The van der Waals surface area contributed by atoms with Gasteiger partial charge in [0.1, 0.15) is 5.54 Å². The zero-order valence-electron chi connectivity index (χ0n) is 17.1. The van der Waals surface area contributed by atoms with Crippen LogP contribution in [0.15, 0.2) is 0 Å². The highest BCUT2D eigenvalue weighted by Crippen LogP contribution is 2.27. The molecule has 0 bridgehead atoms. The van der Waals surface area contributed by atoms with Crippen molar-refractivity contribution in [3.63, 3.8) is 0 Å². The summed E-state index contributed by atoms with van der Waals surface area (Å²) in [5.41, 5.74) is -0.656. The van der Waals surface area contributed by atoms with Crippen molar-refractivity contribution < 1.29 is 9.59 Å². The Balaban J connectivity index is 1.38. The first kappa shape index (κ1) is 21.1. The Bertz CT molecular complexity index is 566. The van der Waals surface area contributed by atoms with Gasteiger partial charge in [-0.3, -0.25) is 19.4 Å². The van der Waals surface area contributed by atoms with E-state index in [9.17, 15) is 14.9 Å². The SMILES string of the molecule is N#CC1(NC(=O)CN2CCN(CC(=O)N3CCCCCC3)CC2)CCCCC1.